The van der Waals surface area contributed by atoms with Gasteiger partial charge < -0.3 is 14.5 Å². The van der Waals surface area contributed by atoms with E-state index in [0.29, 0.717) is 11.3 Å². The largest absolute Gasteiger partial charge is 0.449 e. The quantitative estimate of drug-likeness (QED) is 0.558. The lowest BCUT2D eigenvalue weighted by Crippen LogP contribution is -2.37. The van der Waals surface area contributed by atoms with E-state index in [1.165, 1.54) is 19.1 Å². The van der Waals surface area contributed by atoms with Crippen LogP contribution in [0, 0.1) is 5.82 Å². The van der Waals surface area contributed by atoms with Gasteiger partial charge in [0.2, 0.25) is 5.76 Å². The Morgan fingerprint density at radius 3 is 2.52 bits per heavy atom. The minimum Gasteiger partial charge on any atom is -0.449 e. The smallest absolute Gasteiger partial charge is 0.375 e. The maximum absolute atomic E-state index is 13.1. The number of esters is 1. The molecule has 2 atom stereocenters. The summed E-state index contributed by atoms with van der Waals surface area (Å²) in [6.45, 7) is 3.27. The Kier molecular flexibility index (Phi) is 6.59. The fraction of sp³-hybridized carbons (Fsp3) is 0.273. The molecule has 3 aromatic rings. The fourth-order valence-corrected chi connectivity index (χ4v) is 3.56. The number of carbonyl (C=O) groups is 2. The molecule has 0 saturated carbocycles. The standard InChI is InChI=1S/C22H22FNO4S/c1-13(15-8-10-16(23)11-9-15)24-21(25)14(2)27-22(26)20-18(12-29-3)17-6-4-5-7-19(17)28-20/h4-11,13-14H,12H2,1-3H3,(H,24,25). The van der Waals surface area contributed by atoms with Crippen molar-refractivity contribution in [3.63, 3.8) is 0 Å². The maximum Gasteiger partial charge on any atom is 0.375 e. The Morgan fingerprint density at radius 2 is 1.83 bits per heavy atom. The predicted molar refractivity (Wildman–Crippen MR) is 111 cm³/mol. The van der Waals surface area contributed by atoms with Crippen LogP contribution in [-0.2, 0) is 15.3 Å². The van der Waals surface area contributed by atoms with Crippen LogP contribution in [0.5, 0.6) is 0 Å². The Hall–Kier alpha value is -2.80. The third kappa shape index (κ3) is 4.79. The number of halogens is 1. The zero-order valence-electron chi connectivity index (χ0n) is 16.4. The second-order valence-electron chi connectivity index (χ2n) is 6.67. The summed E-state index contributed by atoms with van der Waals surface area (Å²) in [6.07, 6.45) is 0.921. The second kappa shape index (κ2) is 9.13. The lowest BCUT2D eigenvalue weighted by atomic mass is 10.1. The van der Waals surface area contributed by atoms with Crippen LogP contribution >= 0.6 is 11.8 Å². The molecule has 0 fully saturated rings. The van der Waals surface area contributed by atoms with Crippen LogP contribution in [0.25, 0.3) is 11.0 Å². The van der Waals surface area contributed by atoms with Crippen molar-refractivity contribution in [2.24, 2.45) is 0 Å². The molecular weight excluding hydrogens is 393 g/mol. The highest BCUT2D eigenvalue weighted by Crippen LogP contribution is 2.29. The van der Waals surface area contributed by atoms with Crippen molar-refractivity contribution < 1.29 is 23.1 Å². The summed E-state index contributed by atoms with van der Waals surface area (Å²) >= 11 is 1.56. The van der Waals surface area contributed by atoms with Crippen LogP contribution in [0.4, 0.5) is 4.39 Å². The number of carbonyl (C=O) groups excluding carboxylic acids is 2. The molecule has 0 bridgehead atoms. The maximum atomic E-state index is 13.1. The summed E-state index contributed by atoms with van der Waals surface area (Å²) in [5, 5.41) is 3.62. The first kappa shape index (κ1) is 20.9. The third-order valence-electron chi connectivity index (χ3n) is 4.55. The van der Waals surface area contributed by atoms with Crippen molar-refractivity contribution in [1.29, 1.82) is 0 Å². The summed E-state index contributed by atoms with van der Waals surface area (Å²) < 4.78 is 24.1. The molecule has 29 heavy (non-hydrogen) atoms. The first-order chi connectivity index (χ1) is 13.9. The van der Waals surface area contributed by atoms with E-state index in [1.54, 1.807) is 36.9 Å². The molecule has 2 aromatic carbocycles. The monoisotopic (exact) mass is 415 g/mol. The molecule has 152 valence electrons. The number of thioether (sulfide) groups is 1. The van der Waals surface area contributed by atoms with Gasteiger partial charge in [-0.3, -0.25) is 4.79 Å². The van der Waals surface area contributed by atoms with E-state index in [9.17, 15) is 14.0 Å². The first-order valence-electron chi connectivity index (χ1n) is 9.17. The van der Waals surface area contributed by atoms with Gasteiger partial charge in [-0.05, 0) is 43.9 Å². The van der Waals surface area contributed by atoms with Gasteiger partial charge in [-0.25, -0.2) is 9.18 Å². The molecule has 1 N–H and O–H groups in total. The van der Waals surface area contributed by atoms with Gasteiger partial charge in [0.1, 0.15) is 11.4 Å². The molecule has 0 radical (unpaired) electrons. The second-order valence-corrected chi connectivity index (χ2v) is 7.53. The lowest BCUT2D eigenvalue weighted by Gasteiger charge is -2.18. The van der Waals surface area contributed by atoms with Crippen molar-refractivity contribution in [1.82, 2.24) is 5.32 Å². The minimum atomic E-state index is -1.01. The van der Waals surface area contributed by atoms with Gasteiger partial charge in [-0.1, -0.05) is 30.3 Å². The van der Waals surface area contributed by atoms with Crippen molar-refractivity contribution >= 4 is 34.6 Å². The third-order valence-corrected chi connectivity index (χ3v) is 5.13. The molecule has 3 rings (SSSR count). The zero-order chi connectivity index (χ0) is 21.0. The van der Waals surface area contributed by atoms with E-state index < -0.39 is 18.0 Å². The molecule has 0 aliphatic rings. The highest BCUT2D eigenvalue weighted by atomic mass is 32.2. The first-order valence-corrected chi connectivity index (χ1v) is 10.6. The van der Waals surface area contributed by atoms with Gasteiger partial charge in [-0.15, -0.1) is 0 Å². The van der Waals surface area contributed by atoms with E-state index >= 15 is 0 Å². The number of benzene rings is 2. The Morgan fingerprint density at radius 1 is 1.14 bits per heavy atom. The van der Waals surface area contributed by atoms with E-state index in [4.69, 9.17) is 9.15 Å². The molecular formula is C22H22FNO4S. The average Bonchev–Trinajstić information content (AvgIpc) is 3.07. The molecule has 5 nitrogen and oxygen atoms in total. The number of fused-ring (bicyclic) bond motifs is 1. The number of ether oxygens (including phenoxy) is 1. The Balaban J connectivity index is 1.70. The molecule has 0 spiro atoms. The predicted octanol–water partition coefficient (Wildman–Crippen LogP) is 4.86. The van der Waals surface area contributed by atoms with Gasteiger partial charge in [-0.2, -0.15) is 11.8 Å². The van der Waals surface area contributed by atoms with Crippen LogP contribution in [0.3, 0.4) is 0 Å². The van der Waals surface area contributed by atoms with E-state index in [-0.39, 0.29) is 17.6 Å². The molecule has 2 unspecified atom stereocenters. The van der Waals surface area contributed by atoms with Crippen LogP contribution in [0.1, 0.15) is 41.6 Å². The van der Waals surface area contributed by atoms with Crippen molar-refractivity contribution in [3.05, 3.63) is 71.2 Å². The average molecular weight is 415 g/mol. The van der Waals surface area contributed by atoms with Crippen molar-refractivity contribution in [2.45, 2.75) is 31.7 Å². The molecule has 7 heteroatoms. The summed E-state index contributed by atoms with van der Waals surface area (Å²) in [5.74, 6) is -0.767. The summed E-state index contributed by atoms with van der Waals surface area (Å²) in [4.78, 5) is 25.1. The van der Waals surface area contributed by atoms with Crippen molar-refractivity contribution in [3.8, 4) is 0 Å². The SMILES string of the molecule is CSCc1c(C(=O)OC(C)C(=O)NC(C)c2ccc(F)cc2)oc2ccccc12. The number of para-hydroxylation sites is 1. The van der Waals surface area contributed by atoms with Crippen LogP contribution in [0.15, 0.2) is 52.9 Å². The fourth-order valence-electron chi connectivity index (χ4n) is 2.98. The number of nitrogens with one attached hydrogen (secondary N) is 1. The van der Waals surface area contributed by atoms with Crippen molar-refractivity contribution in [2.75, 3.05) is 6.26 Å². The minimum absolute atomic E-state index is 0.117. The van der Waals surface area contributed by atoms with Gasteiger partial charge in [0.15, 0.2) is 6.10 Å². The number of rotatable bonds is 7. The number of hydrogen-bond acceptors (Lipinski definition) is 5. The topological polar surface area (TPSA) is 68.5 Å². The summed E-state index contributed by atoms with van der Waals surface area (Å²) in [6, 6.07) is 12.9. The molecule has 1 aromatic heterocycles. The molecule has 0 aliphatic carbocycles. The van der Waals surface area contributed by atoms with Gasteiger partial charge >= 0.3 is 5.97 Å². The van der Waals surface area contributed by atoms with Gasteiger partial charge in [0.25, 0.3) is 5.91 Å². The van der Waals surface area contributed by atoms with E-state index in [0.717, 1.165) is 16.5 Å². The Labute approximate surface area is 172 Å². The number of hydrogen-bond donors (Lipinski definition) is 1. The highest BCUT2D eigenvalue weighted by molar-refractivity contribution is 7.97. The van der Waals surface area contributed by atoms with E-state index in [1.807, 2.05) is 24.5 Å². The van der Waals surface area contributed by atoms with Gasteiger partial charge in [0.05, 0.1) is 6.04 Å². The number of amides is 1. The Bertz CT molecular complexity index is 1020. The highest BCUT2D eigenvalue weighted by Gasteiger charge is 2.26. The molecule has 0 saturated heterocycles. The molecule has 1 amide bonds. The normalized spacial score (nSPS) is 13.1. The van der Waals surface area contributed by atoms with Crippen LogP contribution in [0.2, 0.25) is 0 Å². The van der Waals surface area contributed by atoms with Gasteiger partial charge in [0, 0.05) is 16.7 Å². The summed E-state index contributed by atoms with van der Waals surface area (Å²) in [5.41, 5.74) is 2.11. The molecule has 1 heterocycles. The zero-order valence-corrected chi connectivity index (χ0v) is 17.2. The summed E-state index contributed by atoms with van der Waals surface area (Å²) in [7, 11) is 0. The lowest BCUT2D eigenvalue weighted by molar-refractivity contribution is -0.129. The van der Waals surface area contributed by atoms with Crippen LogP contribution in [-0.4, -0.2) is 24.2 Å². The number of furan rings is 1. The molecule has 0 aliphatic heterocycles. The van der Waals surface area contributed by atoms with E-state index in [2.05, 4.69) is 5.32 Å². The van der Waals surface area contributed by atoms with Crippen LogP contribution < -0.4 is 5.32 Å².